The van der Waals surface area contributed by atoms with Crippen LogP contribution < -0.4 is 11.3 Å². The summed E-state index contributed by atoms with van der Waals surface area (Å²) in [5, 5.41) is 41.0. The molecule has 11 nitrogen and oxygen atoms in total. The lowest BCUT2D eigenvalue weighted by Gasteiger charge is -2.15. The Hall–Kier alpha value is -1.99. The van der Waals surface area contributed by atoms with Gasteiger partial charge in [-0.25, -0.2) is 0 Å². The molecule has 1 aliphatic rings. The second-order valence-corrected chi connectivity index (χ2v) is 6.13. The summed E-state index contributed by atoms with van der Waals surface area (Å²) in [5.74, 6) is 0. The van der Waals surface area contributed by atoms with Crippen LogP contribution in [0.25, 0.3) is 11.0 Å². The van der Waals surface area contributed by atoms with Crippen molar-refractivity contribution in [3.05, 3.63) is 16.0 Å². The number of aromatic nitrogens is 5. The van der Waals surface area contributed by atoms with E-state index in [0.29, 0.717) is 12.1 Å². The Morgan fingerprint density at radius 1 is 1.40 bits per heavy atom. The molecule has 1 aliphatic heterocycles. The van der Waals surface area contributed by atoms with Crippen molar-refractivity contribution >= 4 is 28.4 Å². The van der Waals surface area contributed by atoms with E-state index in [1.165, 1.54) is 0 Å². The number of rotatable bonds is 4. The highest BCUT2D eigenvalue weighted by Crippen LogP contribution is 2.28. The first-order valence-electron chi connectivity index (χ1n) is 7.70. The molecule has 25 heavy (non-hydrogen) atoms. The number of nitrogens with two attached hydrogens (primary N) is 1. The third-order valence-electron chi connectivity index (χ3n) is 4.04. The monoisotopic (exact) mass is 370 g/mol. The molecular weight excluding hydrogens is 352 g/mol. The molecule has 3 heterocycles. The van der Waals surface area contributed by atoms with Crippen molar-refractivity contribution in [2.75, 3.05) is 6.61 Å². The van der Waals surface area contributed by atoms with Crippen molar-refractivity contribution in [2.24, 2.45) is 5.73 Å². The van der Waals surface area contributed by atoms with Gasteiger partial charge in [-0.15, -0.1) is 5.10 Å². The van der Waals surface area contributed by atoms with Crippen molar-refractivity contribution in [1.29, 1.82) is 0 Å². The van der Waals surface area contributed by atoms with Gasteiger partial charge in [-0.2, -0.15) is 14.5 Å². The summed E-state index contributed by atoms with van der Waals surface area (Å²) in [6.45, 7) is 1.42. The van der Waals surface area contributed by atoms with Crippen molar-refractivity contribution < 1.29 is 20.1 Å². The second-order valence-electron chi connectivity index (χ2n) is 5.71. The van der Waals surface area contributed by atoms with Crippen LogP contribution in [-0.4, -0.2) is 70.1 Å². The molecule has 4 atom stereocenters. The van der Waals surface area contributed by atoms with Gasteiger partial charge < -0.3 is 25.8 Å². The zero-order valence-electron chi connectivity index (χ0n) is 13.3. The summed E-state index contributed by atoms with van der Waals surface area (Å²) in [7, 11) is 0. The van der Waals surface area contributed by atoms with Gasteiger partial charge in [0.2, 0.25) is 0 Å². The molecule has 0 radical (unpaired) electrons. The van der Waals surface area contributed by atoms with Crippen LogP contribution in [0.3, 0.4) is 0 Å². The Balaban J connectivity index is 2.16. The lowest BCUT2D eigenvalue weighted by Crippen LogP contribution is -2.37. The van der Waals surface area contributed by atoms with Gasteiger partial charge in [-0.3, -0.25) is 4.79 Å². The molecular formula is C13H18N6O5S. The largest absolute Gasteiger partial charge is 0.394 e. The first-order valence-corrected chi connectivity index (χ1v) is 8.10. The Morgan fingerprint density at radius 3 is 2.68 bits per heavy atom. The molecule has 2 aromatic rings. The van der Waals surface area contributed by atoms with E-state index in [-0.39, 0.29) is 16.1 Å². The average molecular weight is 370 g/mol. The zero-order valence-corrected chi connectivity index (χ0v) is 14.1. The minimum atomic E-state index is -1.46. The van der Waals surface area contributed by atoms with Crippen LogP contribution in [-0.2, 0) is 11.2 Å². The quantitative estimate of drug-likeness (QED) is 0.428. The molecule has 2 aromatic heterocycles. The fourth-order valence-electron chi connectivity index (χ4n) is 2.81. The number of thiocarbonyl (C=S) groups is 1. The second kappa shape index (κ2) is 6.72. The summed E-state index contributed by atoms with van der Waals surface area (Å²) in [6.07, 6.45) is -3.85. The number of aliphatic hydroxyl groups excluding tert-OH is 3. The summed E-state index contributed by atoms with van der Waals surface area (Å²) in [6, 6.07) is 0. The van der Waals surface area contributed by atoms with E-state index in [1.54, 1.807) is 0 Å². The minimum absolute atomic E-state index is 0.0173. The topological polar surface area (TPSA) is 162 Å². The van der Waals surface area contributed by atoms with Crippen LogP contribution >= 0.6 is 12.2 Å². The summed E-state index contributed by atoms with van der Waals surface area (Å²) < 4.78 is 7.21. The molecule has 1 saturated heterocycles. The Kier molecular flexibility index (Phi) is 4.79. The molecule has 0 amide bonds. The van der Waals surface area contributed by atoms with E-state index in [1.807, 2.05) is 6.92 Å². The Labute approximate surface area is 146 Å². The number of hydrogen-bond acceptors (Lipinski definition) is 9. The summed E-state index contributed by atoms with van der Waals surface area (Å²) in [5.41, 5.74) is 5.77. The van der Waals surface area contributed by atoms with Gasteiger partial charge in [-0.05, 0) is 18.6 Å². The number of ether oxygens (including phenoxy) is 1. The van der Waals surface area contributed by atoms with E-state index >= 15 is 0 Å². The van der Waals surface area contributed by atoms with Crippen LogP contribution in [0.4, 0.5) is 0 Å². The molecule has 136 valence electrons. The molecule has 0 spiro atoms. The van der Waals surface area contributed by atoms with E-state index in [9.17, 15) is 20.1 Å². The van der Waals surface area contributed by atoms with Gasteiger partial charge in [0.05, 0.1) is 12.3 Å². The van der Waals surface area contributed by atoms with Gasteiger partial charge in [0, 0.05) is 0 Å². The van der Waals surface area contributed by atoms with Gasteiger partial charge in [0.25, 0.3) is 5.56 Å². The zero-order chi connectivity index (χ0) is 18.3. The maximum Gasteiger partial charge on any atom is 0.299 e. The summed E-state index contributed by atoms with van der Waals surface area (Å²) >= 11 is 4.93. The maximum absolute atomic E-state index is 12.9. The SMILES string of the molecule is CCCc1nn(C(N)=S)c2c(=O)n(C3OC(CO)C(O)C3O)nnc12. The Morgan fingerprint density at radius 2 is 2.12 bits per heavy atom. The van der Waals surface area contributed by atoms with Crippen molar-refractivity contribution in [3.8, 4) is 0 Å². The highest BCUT2D eigenvalue weighted by Gasteiger charge is 2.44. The third kappa shape index (κ3) is 2.81. The van der Waals surface area contributed by atoms with E-state index < -0.39 is 36.7 Å². The van der Waals surface area contributed by atoms with Gasteiger partial charge in [-0.1, -0.05) is 18.6 Å². The number of nitrogens with zero attached hydrogens (tertiary/aromatic N) is 5. The first kappa shape index (κ1) is 17.8. The molecule has 12 heteroatoms. The van der Waals surface area contributed by atoms with Crippen molar-refractivity contribution in [3.63, 3.8) is 0 Å². The maximum atomic E-state index is 12.9. The molecule has 4 unspecified atom stereocenters. The normalized spacial score (nSPS) is 26.4. The molecule has 0 aromatic carbocycles. The third-order valence-corrected chi connectivity index (χ3v) is 4.21. The number of hydrogen-bond donors (Lipinski definition) is 4. The van der Waals surface area contributed by atoms with Crippen LogP contribution in [0, 0.1) is 0 Å². The van der Waals surface area contributed by atoms with Gasteiger partial charge in [0.15, 0.2) is 16.9 Å². The first-order chi connectivity index (χ1) is 11.9. The van der Waals surface area contributed by atoms with Crippen molar-refractivity contribution in [2.45, 2.75) is 44.3 Å². The van der Waals surface area contributed by atoms with Gasteiger partial charge >= 0.3 is 0 Å². The highest BCUT2D eigenvalue weighted by atomic mass is 32.1. The average Bonchev–Trinajstić information content (AvgIpc) is 3.09. The molecule has 0 aliphatic carbocycles. The van der Waals surface area contributed by atoms with Crippen LogP contribution in [0.2, 0.25) is 0 Å². The summed E-state index contributed by atoms with van der Waals surface area (Å²) in [4.78, 5) is 12.9. The van der Waals surface area contributed by atoms with Crippen LogP contribution in [0.5, 0.6) is 0 Å². The molecule has 0 saturated carbocycles. The van der Waals surface area contributed by atoms with E-state index in [2.05, 4.69) is 15.4 Å². The fraction of sp³-hybridized carbons (Fsp3) is 0.615. The predicted molar refractivity (Wildman–Crippen MR) is 88.8 cm³/mol. The highest BCUT2D eigenvalue weighted by molar-refractivity contribution is 7.80. The fourth-order valence-corrected chi connectivity index (χ4v) is 2.94. The minimum Gasteiger partial charge on any atom is -0.394 e. The standard InChI is InChI=1S/C13H18N6O5S/c1-2-3-5-7-8(18(16-5)13(14)25)11(23)19(17-15-7)12-10(22)9(21)6(4-20)24-12/h6,9-10,12,20-22H,2-4H2,1H3,(H2,14,25). The Bertz CT molecular complexity index is 866. The van der Waals surface area contributed by atoms with E-state index in [0.717, 1.165) is 15.8 Å². The smallest absolute Gasteiger partial charge is 0.299 e. The van der Waals surface area contributed by atoms with Crippen LogP contribution in [0.15, 0.2) is 4.79 Å². The molecule has 1 fully saturated rings. The molecule has 5 N–H and O–H groups in total. The van der Waals surface area contributed by atoms with Crippen molar-refractivity contribution in [1.82, 2.24) is 24.8 Å². The number of fused-ring (bicyclic) bond motifs is 1. The van der Waals surface area contributed by atoms with Crippen LogP contribution in [0.1, 0.15) is 25.3 Å². The molecule has 3 rings (SSSR count). The lowest BCUT2D eigenvalue weighted by molar-refractivity contribution is -0.0619. The number of aryl methyl sites for hydroxylation is 1. The van der Waals surface area contributed by atoms with Gasteiger partial charge in [0.1, 0.15) is 23.8 Å². The molecule has 0 bridgehead atoms. The predicted octanol–water partition coefficient (Wildman–Crippen LogP) is -2.36. The lowest BCUT2D eigenvalue weighted by atomic mass is 10.1. The van der Waals surface area contributed by atoms with E-state index in [4.69, 9.17) is 22.7 Å². The number of aliphatic hydroxyl groups is 3.